The van der Waals surface area contributed by atoms with Crippen LogP contribution in [0.1, 0.15) is 0 Å². The van der Waals surface area contributed by atoms with E-state index in [9.17, 15) is 10.1 Å². The Bertz CT molecular complexity index is 262. The fraction of sp³-hybridized carbons (Fsp3) is 0. The number of nitro benzene ring substituents is 1. The molecule has 0 saturated heterocycles. The molecule has 0 aliphatic rings. The van der Waals surface area contributed by atoms with E-state index in [4.69, 9.17) is 0 Å². The number of nitrogens with zero attached hydrogens (tertiary/aromatic N) is 1. The molecule has 0 heterocycles. The van der Waals surface area contributed by atoms with Gasteiger partial charge in [-0.1, -0.05) is 18.2 Å². The Balaban J connectivity index is 3.15. The second kappa shape index (κ2) is 2.52. The highest BCUT2D eigenvalue weighted by atomic mass is 16.6. The average molecular weight is 135 g/mol. The molecule has 0 aliphatic heterocycles. The van der Waals surface area contributed by atoms with Crippen LogP contribution in [0.25, 0.3) is 0 Å². The van der Waals surface area contributed by atoms with E-state index in [-0.39, 0.29) is 10.6 Å². The van der Waals surface area contributed by atoms with E-state index in [1.54, 1.807) is 26.0 Å². The van der Waals surface area contributed by atoms with E-state index in [1.807, 2.05) is 0 Å². The molecule has 0 radical (unpaired) electrons. The van der Waals surface area contributed by atoms with E-state index >= 15 is 0 Å². The van der Waals surface area contributed by atoms with Crippen LogP contribution in [-0.4, -0.2) is 12.8 Å². The van der Waals surface area contributed by atoms with E-state index in [2.05, 4.69) is 0 Å². The van der Waals surface area contributed by atoms with Crippen LogP contribution >= 0.6 is 0 Å². The third kappa shape index (κ3) is 1.15. The van der Waals surface area contributed by atoms with E-state index in [1.165, 1.54) is 6.07 Å². The summed E-state index contributed by atoms with van der Waals surface area (Å²) in [5.74, 6) is 0. The summed E-state index contributed by atoms with van der Waals surface area (Å²) < 4.78 is 0. The molecular weight excluding hydrogens is 129 g/mol. The van der Waals surface area contributed by atoms with Crippen LogP contribution in [0.3, 0.4) is 0 Å². The fourth-order valence-corrected chi connectivity index (χ4v) is 0.768. The Hall–Kier alpha value is -1.32. The van der Waals surface area contributed by atoms with Crippen molar-refractivity contribution in [2.24, 2.45) is 0 Å². The first-order valence-electron chi connectivity index (χ1n) is 2.92. The topological polar surface area (TPSA) is 43.1 Å². The summed E-state index contributed by atoms with van der Waals surface area (Å²) in [6.07, 6.45) is 0. The Morgan fingerprint density at radius 1 is 1.40 bits per heavy atom. The Morgan fingerprint density at radius 2 is 2.00 bits per heavy atom. The molecule has 0 unspecified atom stereocenters. The predicted molar refractivity (Wildman–Crippen MR) is 41.3 cm³/mol. The number of hydrogen-bond donors (Lipinski definition) is 0. The van der Waals surface area contributed by atoms with E-state index in [0.29, 0.717) is 5.46 Å². The third-order valence-corrected chi connectivity index (χ3v) is 1.31. The van der Waals surface area contributed by atoms with E-state index in [0.717, 1.165) is 0 Å². The van der Waals surface area contributed by atoms with Crippen LogP contribution in [0.4, 0.5) is 5.69 Å². The smallest absolute Gasteiger partial charge is 0.258 e. The van der Waals surface area contributed by atoms with Gasteiger partial charge in [-0.2, -0.15) is 0 Å². The molecule has 1 aromatic rings. The van der Waals surface area contributed by atoms with Gasteiger partial charge >= 0.3 is 0 Å². The monoisotopic (exact) mass is 135 g/mol. The van der Waals surface area contributed by atoms with Crippen LogP contribution in [0.5, 0.6) is 0 Å². The molecule has 1 aromatic carbocycles. The first kappa shape index (κ1) is 6.80. The zero-order valence-corrected chi connectivity index (χ0v) is 5.57. The molecule has 0 saturated carbocycles. The Kier molecular flexibility index (Phi) is 1.71. The molecule has 1 rings (SSSR count). The summed E-state index contributed by atoms with van der Waals surface area (Å²) in [7, 11) is 1.72. The van der Waals surface area contributed by atoms with E-state index < -0.39 is 0 Å². The second-order valence-electron chi connectivity index (χ2n) is 2.04. The van der Waals surface area contributed by atoms with Gasteiger partial charge in [-0.25, -0.2) is 0 Å². The maximum absolute atomic E-state index is 10.2. The predicted octanol–water partition coefficient (Wildman–Crippen LogP) is -0.147. The van der Waals surface area contributed by atoms with Crippen molar-refractivity contribution >= 4 is 19.0 Å². The van der Waals surface area contributed by atoms with Gasteiger partial charge in [0, 0.05) is 6.07 Å². The average Bonchev–Trinajstić information content (AvgIpc) is 1.88. The molecule has 50 valence electrons. The molecule has 0 spiro atoms. The molecule has 0 amide bonds. The van der Waals surface area contributed by atoms with Gasteiger partial charge in [0.25, 0.3) is 5.69 Å². The van der Waals surface area contributed by atoms with Gasteiger partial charge in [-0.15, -0.1) is 0 Å². The van der Waals surface area contributed by atoms with Crippen molar-refractivity contribution in [3.8, 4) is 0 Å². The molecule has 0 bridgehead atoms. The molecule has 0 aliphatic carbocycles. The minimum atomic E-state index is -0.380. The van der Waals surface area contributed by atoms with Crippen molar-refractivity contribution in [2.75, 3.05) is 0 Å². The summed E-state index contributed by atoms with van der Waals surface area (Å²) in [6, 6.07) is 6.65. The van der Waals surface area contributed by atoms with Crippen LogP contribution < -0.4 is 5.46 Å². The van der Waals surface area contributed by atoms with Crippen molar-refractivity contribution in [1.82, 2.24) is 0 Å². The quantitative estimate of drug-likeness (QED) is 0.305. The normalized spacial score (nSPS) is 9.20. The maximum Gasteiger partial charge on any atom is 0.263 e. The number of para-hydroxylation sites is 1. The third-order valence-electron chi connectivity index (χ3n) is 1.31. The lowest BCUT2D eigenvalue weighted by Crippen LogP contribution is -2.07. The van der Waals surface area contributed by atoms with Gasteiger partial charge in [-0.05, 0) is 5.46 Å². The Morgan fingerprint density at radius 3 is 2.40 bits per heavy atom. The summed E-state index contributed by atoms with van der Waals surface area (Å²) in [5.41, 5.74) is 0.884. The molecule has 3 nitrogen and oxygen atoms in total. The SMILES string of the molecule is Bc1ccccc1[N+](=O)[O-]. The molecular formula is C6H6BNO2. The lowest BCUT2D eigenvalue weighted by atomic mass is 9.94. The number of rotatable bonds is 1. The van der Waals surface area contributed by atoms with Crippen molar-refractivity contribution in [2.45, 2.75) is 0 Å². The van der Waals surface area contributed by atoms with Crippen LogP contribution in [0, 0.1) is 10.1 Å². The lowest BCUT2D eigenvalue weighted by Gasteiger charge is -1.92. The zero-order chi connectivity index (χ0) is 7.56. The van der Waals surface area contributed by atoms with Crippen molar-refractivity contribution in [1.29, 1.82) is 0 Å². The maximum atomic E-state index is 10.2. The molecule has 0 N–H and O–H groups in total. The van der Waals surface area contributed by atoms with Gasteiger partial charge < -0.3 is 0 Å². The zero-order valence-electron chi connectivity index (χ0n) is 5.57. The largest absolute Gasteiger partial charge is 0.263 e. The highest BCUT2D eigenvalue weighted by Crippen LogP contribution is 2.03. The molecule has 10 heavy (non-hydrogen) atoms. The van der Waals surface area contributed by atoms with Crippen LogP contribution in [0.15, 0.2) is 24.3 Å². The van der Waals surface area contributed by atoms with Gasteiger partial charge in [0.1, 0.15) is 7.85 Å². The molecule has 0 aromatic heterocycles. The lowest BCUT2D eigenvalue weighted by molar-refractivity contribution is -0.383. The summed E-state index contributed by atoms with van der Waals surface area (Å²) in [6.45, 7) is 0. The van der Waals surface area contributed by atoms with Crippen molar-refractivity contribution < 1.29 is 4.92 Å². The van der Waals surface area contributed by atoms with Crippen molar-refractivity contribution in [3.63, 3.8) is 0 Å². The van der Waals surface area contributed by atoms with Crippen molar-refractivity contribution in [3.05, 3.63) is 34.4 Å². The molecule has 0 atom stereocenters. The number of benzene rings is 1. The Labute approximate surface area is 59.2 Å². The highest BCUT2D eigenvalue weighted by Gasteiger charge is 2.05. The number of nitro groups is 1. The second-order valence-corrected chi connectivity index (χ2v) is 2.04. The summed E-state index contributed by atoms with van der Waals surface area (Å²) in [4.78, 5) is 9.85. The highest BCUT2D eigenvalue weighted by molar-refractivity contribution is 6.34. The summed E-state index contributed by atoms with van der Waals surface area (Å²) in [5, 5.41) is 10.2. The first-order chi connectivity index (χ1) is 4.72. The minimum absolute atomic E-state index is 0.183. The fourth-order valence-electron chi connectivity index (χ4n) is 0.768. The van der Waals surface area contributed by atoms with Gasteiger partial charge in [-0.3, -0.25) is 10.1 Å². The van der Waals surface area contributed by atoms with Gasteiger partial charge in [0.2, 0.25) is 0 Å². The molecule has 4 heteroatoms. The molecule has 0 fully saturated rings. The summed E-state index contributed by atoms with van der Waals surface area (Å²) >= 11 is 0. The van der Waals surface area contributed by atoms with Crippen LogP contribution in [-0.2, 0) is 0 Å². The van der Waals surface area contributed by atoms with Gasteiger partial charge in [0.15, 0.2) is 0 Å². The van der Waals surface area contributed by atoms with Gasteiger partial charge in [0.05, 0.1) is 4.92 Å². The minimum Gasteiger partial charge on any atom is -0.258 e. The van der Waals surface area contributed by atoms with Crippen LogP contribution in [0.2, 0.25) is 0 Å². The first-order valence-corrected chi connectivity index (χ1v) is 2.92. The number of hydrogen-bond acceptors (Lipinski definition) is 2. The standard InChI is InChI=1S/C6H6BNO2/c7-5-3-1-2-4-6(5)8(9)10/h1-4H,7H2.